The monoisotopic (exact) mass is 415 g/mol. The van der Waals surface area contributed by atoms with E-state index >= 15 is 0 Å². The SMILES string of the molecule is C=C(/N=C(Nc1ccccc1C)\C(Cl)=C/C)Nc1ccc(P(C)(C)=O)cc1C. The molecule has 2 aromatic carbocycles. The van der Waals surface area contributed by atoms with E-state index in [0.29, 0.717) is 16.7 Å². The molecule has 0 aliphatic heterocycles. The number of amidine groups is 1. The van der Waals surface area contributed by atoms with Crippen molar-refractivity contribution in [2.24, 2.45) is 4.99 Å². The van der Waals surface area contributed by atoms with Crippen LogP contribution >= 0.6 is 18.7 Å². The van der Waals surface area contributed by atoms with Crippen LogP contribution in [0.15, 0.2) is 71.0 Å². The molecule has 0 bridgehead atoms. The summed E-state index contributed by atoms with van der Waals surface area (Å²) in [6, 6.07) is 13.6. The molecule has 0 saturated carbocycles. The van der Waals surface area contributed by atoms with Crippen molar-refractivity contribution in [3.05, 3.63) is 77.1 Å². The van der Waals surface area contributed by atoms with Crippen LogP contribution in [0.3, 0.4) is 0 Å². The molecule has 2 N–H and O–H groups in total. The number of para-hydroxylation sites is 1. The van der Waals surface area contributed by atoms with Gasteiger partial charge in [0.25, 0.3) is 0 Å². The fourth-order valence-electron chi connectivity index (χ4n) is 2.56. The highest BCUT2D eigenvalue weighted by Gasteiger charge is 2.13. The van der Waals surface area contributed by atoms with Gasteiger partial charge in [0.2, 0.25) is 0 Å². The summed E-state index contributed by atoms with van der Waals surface area (Å²) in [4.78, 5) is 4.54. The maximum atomic E-state index is 12.3. The third-order valence-corrected chi connectivity index (χ3v) is 6.15. The molecular formula is C22H27ClN3OP. The van der Waals surface area contributed by atoms with Gasteiger partial charge in [-0.15, -0.1) is 0 Å². The van der Waals surface area contributed by atoms with Gasteiger partial charge in [0.1, 0.15) is 13.0 Å². The van der Waals surface area contributed by atoms with E-state index in [9.17, 15) is 4.57 Å². The lowest BCUT2D eigenvalue weighted by Gasteiger charge is -2.15. The summed E-state index contributed by atoms with van der Waals surface area (Å²) in [6.07, 6.45) is 1.78. The molecule has 0 aliphatic rings. The molecule has 0 atom stereocenters. The summed E-state index contributed by atoms with van der Waals surface area (Å²) in [7, 11) is -2.30. The van der Waals surface area contributed by atoms with Gasteiger partial charge in [0, 0.05) is 16.7 Å². The summed E-state index contributed by atoms with van der Waals surface area (Å²) in [5, 5.41) is 7.82. The number of anilines is 2. The first-order valence-corrected chi connectivity index (χ1v) is 12.0. The Kier molecular flexibility index (Phi) is 7.29. The molecule has 4 nitrogen and oxygen atoms in total. The number of aliphatic imine (C=N–C) groups is 1. The molecular weight excluding hydrogens is 389 g/mol. The lowest BCUT2D eigenvalue weighted by atomic mass is 10.2. The van der Waals surface area contributed by atoms with Crippen LogP contribution in [0.1, 0.15) is 18.1 Å². The Morgan fingerprint density at radius 1 is 1.07 bits per heavy atom. The number of rotatable bonds is 6. The zero-order valence-corrected chi connectivity index (χ0v) is 18.7. The fraction of sp³-hybridized carbons (Fsp3) is 0.227. The second-order valence-corrected chi connectivity index (χ2v) is 10.6. The van der Waals surface area contributed by atoms with E-state index in [-0.39, 0.29) is 0 Å². The molecule has 6 heteroatoms. The molecule has 0 unspecified atom stereocenters. The van der Waals surface area contributed by atoms with E-state index in [2.05, 4.69) is 22.2 Å². The van der Waals surface area contributed by atoms with Crippen LogP contribution in [-0.2, 0) is 4.57 Å². The first-order valence-electron chi connectivity index (χ1n) is 8.97. The van der Waals surface area contributed by atoms with E-state index in [1.54, 1.807) is 19.4 Å². The number of benzene rings is 2. The number of nitrogens with zero attached hydrogens (tertiary/aromatic N) is 1. The van der Waals surface area contributed by atoms with E-state index in [4.69, 9.17) is 11.6 Å². The van der Waals surface area contributed by atoms with Crippen molar-refractivity contribution >= 4 is 41.3 Å². The minimum atomic E-state index is -2.30. The van der Waals surface area contributed by atoms with Gasteiger partial charge in [0.05, 0.1) is 5.03 Å². The van der Waals surface area contributed by atoms with Crippen LogP contribution < -0.4 is 15.9 Å². The Labute approximate surface area is 172 Å². The first kappa shape index (κ1) is 22.0. The number of hydrogen-bond donors (Lipinski definition) is 2. The lowest BCUT2D eigenvalue weighted by Crippen LogP contribution is -2.15. The minimum Gasteiger partial charge on any atom is -0.340 e. The van der Waals surface area contributed by atoms with Crippen molar-refractivity contribution in [1.82, 2.24) is 0 Å². The van der Waals surface area contributed by atoms with Crippen LogP contribution in [0, 0.1) is 13.8 Å². The van der Waals surface area contributed by atoms with Gasteiger partial charge in [-0.25, -0.2) is 4.99 Å². The summed E-state index contributed by atoms with van der Waals surface area (Å²) in [5.74, 6) is 0.958. The highest BCUT2D eigenvalue weighted by Crippen LogP contribution is 2.35. The molecule has 0 amide bonds. The van der Waals surface area contributed by atoms with Crippen molar-refractivity contribution in [3.8, 4) is 0 Å². The first-order chi connectivity index (χ1) is 13.1. The minimum absolute atomic E-state index is 0.447. The predicted octanol–water partition coefficient (Wildman–Crippen LogP) is 6.09. The van der Waals surface area contributed by atoms with Crippen LogP contribution in [0.25, 0.3) is 0 Å². The summed E-state index contributed by atoms with van der Waals surface area (Å²) in [5.41, 5.74) is 3.85. The van der Waals surface area contributed by atoms with E-state index in [1.807, 2.05) is 63.2 Å². The Hall–Kier alpha value is -2.29. The van der Waals surface area contributed by atoms with Crippen LogP contribution in [-0.4, -0.2) is 19.2 Å². The van der Waals surface area contributed by atoms with E-state index < -0.39 is 7.14 Å². The molecule has 0 saturated heterocycles. The van der Waals surface area contributed by atoms with Crippen LogP contribution in [0.5, 0.6) is 0 Å². The topological polar surface area (TPSA) is 53.5 Å². The maximum Gasteiger partial charge on any atom is 0.151 e. The molecule has 148 valence electrons. The number of allylic oxidation sites excluding steroid dienone is 1. The highest BCUT2D eigenvalue weighted by molar-refractivity contribution is 7.70. The Morgan fingerprint density at radius 2 is 1.71 bits per heavy atom. The molecule has 0 aromatic heterocycles. The molecule has 0 spiro atoms. The zero-order chi connectivity index (χ0) is 20.9. The number of halogens is 1. The average Bonchev–Trinajstić information content (AvgIpc) is 2.63. The molecule has 28 heavy (non-hydrogen) atoms. The van der Waals surface area contributed by atoms with Gasteiger partial charge < -0.3 is 15.2 Å². The quantitative estimate of drug-likeness (QED) is 0.341. The van der Waals surface area contributed by atoms with Crippen LogP contribution in [0.4, 0.5) is 11.4 Å². The number of nitrogens with one attached hydrogen (secondary N) is 2. The Balaban J connectivity index is 2.26. The normalized spacial score (nSPS) is 12.6. The summed E-state index contributed by atoms with van der Waals surface area (Å²) >= 11 is 6.35. The highest BCUT2D eigenvalue weighted by atomic mass is 35.5. The summed E-state index contributed by atoms with van der Waals surface area (Å²) < 4.78 is 12.3. The second kappa shape index (κ2) is 9.27. The maximum absolute atomic E-state index is 12.3. The number of aryl methyl sites for hydroxylation is 2. The van der Waals surface area contributed by atoms with E-state index in [1.165, 1.54) is 0 Å². The zero-order valence-electron chi connectivity index (χ0n) is 17.0. The van der Waals surface area contributed by atoms with Gasteiger partial charge >= 0.3 is 0 Å². The molecule has 0 radical (unpaired) electrons. The van der Waals surface area contributed by atoms with Crippen molar-refractivity contribution in [1.29, 1.82) is 0 Å². The van der Waals surface area contributed by atoms with Crippen LogP contribution in [0.2, 0.25) is 0 Å². The molecule has 0 heterocycles. The standard InChI is InChI=1S/C22H27ClN3OP/c1-7-19(23)22(26-20-11-9-8-10-15(20)2)25-17(4)24-21-13-12-18(14-16(21)3)28(5,6)27/h7-14,24H,4H2,1-3,5-6H3,(H,25,26)/b19-7+. The third-order valence-electron chi connectivity index (χ3n) is 4.24. The van der Waals surface area contributed by atoms with Crippen molar-refractivity contribution in [2.45, 2.75) is 20.8 Å². The van der Waals surface area contributed by atoms with Crippen molar-refractivity contribution in [3.63, 3.8) is 0 Å². The van der Waals surface area contributed by atoms with Gasteiger partial charge in [-0.3, -0.25) is 0 Å². The van der Waals surface area contributed by atoms with Gasteiger partial charge in [-0.2, -0.15) is 0 Å². The van der Waals surface area contributed by atoms with Gasteiger partial charge in [-0.1, -0.05) is 42.5 Å². The largest absolute Gasteiger partial charge is 0.340 e. The molecule has 0 fully saturated rings. The fourth-order valence-corrected chi connectivity index (χ4v) is 3.59. The van der Waals surface area contributed by atoms with Crippen molar-refractivity contribution < 1.29 is 4.57 Å². The predicted molar refractivity (Wildman–Crippen MR) is 125 cm³/mol. The average molecular weight is 416 g/mol. The third kappa shape index (κ3) is 5.85. The number of hydrogen-bond acceptors (Lipinski definition) is 3. The van der Waals surface area contributed by atoms with Gasteiger partial charge in [-0.05, 0) is 69.5 Å². The molecule has 2 aromatic rings. The second-order valence-electron chi connectivity index (χ2n) is 6.96. The Morgan fingerprint density at radius 3 is 2.29 bits per heavy atom. The smallest absolute Gasteiger partial charge is 0.151 e. The molecule has 2 rings (SSSR count). The van der Waals surface area contributed by atoms with Crippen molar-refractivity contribution in [2.75, 3.05) is 24.0 Å². The van der Waals surface area contributed by atoms with Gasteiger partial charge in [0.15, 0.2) is 5.84 Å². The summed E-state index contributed by atoms with van der Waals surface area (Å²) in [6.45, 7) is 13.4. The lowest BCUT2D eigenvalue weighted by molar-refractivity contribution is 0.588. The molecule has 0 aliphatic carbocycles. The van der Waals surface area contributed by atoms with E-state index in [0.717, 1.165) is 27.8 Å². The Bertz CT molecular complexity index is 989.